The van der Waals surface area contributed by atoms with Crippen LogP contribution in [0.4, 0.5) is 5.69 Å². The molecule has 1 saturated heterocycles. The minimum absolute atomic E-state index is 0. The highest BCUT2D eigenvalue weighted by Crippen LogP contribution is 2.18. The smallest absolute Gasteiger partial charge is 0.251 e. The summed E-state index contributed by atoms with van der Waals surface area (Å²) in [7, 11) is 0. The van der Waals surface area contributed by atoms with Gasteiger partial charge < -0.3 is 16.0 Å². The van der Waals surface area contributed by atoms with E-state index in [1.807, 2.05) is 37.3 Å². The Balaban J connectivity index is 0.00000261. The number of amides is 2. The van der Waals surface area contributed by atoms with Gasteiger partial charge in [0, 0.05) is 23.7 Å². The molecule has 2 aromatic carbocycles. The first-order valence-corrected chi connectivity index (χ1v) is 9.07. The fraction of sp³-hybridized carbons (Fsp3) is 0.333. The van der Waals surface area contributed by atoms with Crippen molar-refractivity contribution in [2.75, 3.05) is 25.0 Å². The van der Waals surface area contributed by atoms with Crippen LogP contribution in [-0.4, -0.2) is 31.4 Å². The molecule has 0 saturated carbocycles. The van der Waals surface area contributed by atoms with Gasteiger partial charge in [0.25, 0.3) is 5.91 Å². The van der Waals surface area contributed by atoms with Crippen LogP contribution in [0, 0.1) is 11.8 Å². The lowest BCUT2D eigenvalue weighted by molar-refractivity contribution is -0.121. The van der Waals surface area contributed by atoms with Gasteiger partial charge in [-0.1, -0.05) is 37.3 Å². The van der Waals surface area contributed by atoms with Gasteiger partial charge in [-0.05, 0) is 55.3 Å². The zero-order chi connectivity index (χ0) is 18.4. The summed E-state index contributed by atoms with van der Waals surface area (Å²) in [5.74, 6) is 0.311. The molecule has 0 radical (unpaired) electrons. The maximum absolute atomic E-state index is 12.2. The van der Waals surface area contributed by atoms with E-state index in [-0.39, 0.29) is 30.1 Å². The van der Waals surface area contributed by atoms with Gasteiger partial charge in [-0.2, -0.15) is 0 Å². The third-order valence-corrected chi connectivity index (χ3v) is 4.89. The van der Waals surface area contributed by atoms with Gasteiger partial charge in [0.1, 0.15) is 0 Å². The van der Waals surface area contributed by atoms with Crippen molar-refractivity contribution >= 4 is 29.9 Å². The molecule has 144 valence electrons. The van der Waals surface area contributed by atoms with Gasteiger partial charge in [-0.3, -0.25) is 9.59 Å². The van der Waals surface area contributed by atoms with Crippen molar-refractivity contribution in [1.82, 2.24) is 10.6 Å². The van der Waals surface area contributed by atoms with Crippen molar-refractivity contribution in [3.63, 3.8) is 0 Å². The first-order valence-electron chi connectivity index (χ1n) is 9.07. The number of halogens is 1. The molecule has 3 rings (SSSR count). The molecule has 0 spiro atoms. The van der Waals surface area contributed by atoms with Crippen LogP contribution in [0.3, 0.4) is 0 Å². The molecule has 1 fully saturated rings. The van der Waals surface area contributed by atoms with E-state index in [4.69, 9.17) is 0 Å². The second kappa shape index (κ2) is 10.1. The highest BCUT2D eigenvalue weighted by Gasteiger charge is 2.28. The van der Waals surface area contributed by atoms with Crippen LogP contribution in [0.15, 0.2) is 54.6 Å². The van der Waals surface area contributed by atoms with Crippen LogP contribution in [0.5, 0.6) is 0 Å². The van der Waals surface area contributed by atoms with Crippen molar-refractivity contribution < 1.29 is 9.59 Å². The summed E-state index contributed by atoms with van der Waals surface area (Å²) in [6, 6.07) is 17.1. The molecule has 0 aliphatic carbocycles. The maximum atomic E-state index is 12.2. The Morgan fingerprint density at radius 3 is 2.33 bits per heavy atom. The second-order valence-corrected chi connectivity index (χ2v) is 6.77. The minimum Gasteiger partial charge on any atom is -0.352 e. The van der Waals surface area contributed by atoms with Gasteiger partial charge in [-0.25, -0.2) is 0 Å². The Morgan fingerprint density at radius 1 is 1.07 bits per heavy atom. The number of anilines is 1. The summed E-state index contributed by atoms with van der Waals surface area (Å²) >= 11 is 0. The number of benzene rings is 2. The van der Waals surface area contributed by atoms with Gasteiger partial charge in [0.05, 0.1) is 0 Å². The Hall–Kier alpha value is -2.37. The lowest BCUT2D eigenvalue weighted by Gasteiger charge is -2.31. The standard InChI is InChI=1S/C21H25N3O2.ClH/c1-15(18-13-22-14-18)20(25)24-19-9-7-17(8-10-19)21(26)23-12-11-16-5-3-2-4-6-16;/h2-10,15,18,22H,11-14H2,1H3,(H,23,26)(H,24,25);1H. The van der Waals surface area contributed by atoms with E-state index in [0.29, 0.717) is 18.0 Å². The Kier molecular flexibility index (Phi) is 7.82. The van der Waals surface area contributed by atoms with E-state index < -0.39 is 0 Å². The Bertz CT molecular complexity index is 746. The van der Waals surface area contributed by atoms with Crippen LogP contribution in [0.25, 0.3) is 0 Å². The van der Waals surface area contributed by atoms with Crippen LogP contribution in [0.1, 0.15) is 22.8 Å². The number of carbonyl (C=O) groups excluding carboxylic acids is 2. The van der Waals surface area contributed by atoms with Crippen LogP contribution < -0.4 is 16.0 Å². The van der Waals surface area contributed by atoms with Gasteiger partial charge in [0.2, 0.25) is 5.91 Å². The summed E-state index contributed by atoms with van der Waals surface area (Å²) in [6.45, 7) is 4.34. The van der Waals surface area contributed by atoms with Crippen LogP contribution in [-0.2, 0) is 11.2 Å². The van der Waals surface area contributed by atoms with Crippen LogP contribution >= 0.6 is 12.4 Å². The first-order chi connectivity index (χ1) is 12.6. The molecule has 1 atom stereocenters. The van der Waals surface area contributed by atoms with Gasteiger partial charge in [0.15, 0.2) is 0 Å². The Labute approximate surface area is 166 Å². The molecular weight excluding hydrogens is 362 g/mol. The topological polar surface area (TPSA) is 70.2 Å². The summed E-state index contributed by atoms with van der Waals surface area (Å²) in [5, 5.41) is 9.03. The molecule has 1 aliphatic rings. The summed E-state index contributed by atoms with van der Waals surface area (Å²) in [5.41, 5.74) is 2.50. The number of rotatable bonds is 7. The molecule has 2 amide bonds. The normalized spacial score (nSPS) is 14.4. The maximum Gasteiger partial charge on any atom is 0.251 e. The molecule has 1 unspecified atom stereocenters. The summed E-state index contributed by atoms with van der Waals surface area (Å²) in [6.07, 6.45) is 0.800. The van der Waals surface area contributed by atoms with E-state index in [2.05, 4.69) is 16.0 Å². The van der Waals surface area contributed by atoms with E-state index in [0.717, 1.165) is 25.2 Å². The first kappa shape index (κ1) is 20.9. The molecule has 1 heterocycles. The molecule has 0 aromatic heterocycles. The molecule has 6 heteroatoms. The number of hydrogen-bond donors (Lipinski definition) is 3. The molecule has 2 aromatic rings. The predicted octanol–water partition coefficient (Wildman–Crippen LogP) is 2.87. The third kappa shape index (κ3) is 5.81. The van der Waals surface area contributed by atoms with Gasteiger partial charge >= 0.3 is 0 Å². The Morgan fingerprint density at radius 2 is 1.74 bits per heavy atom. The monoisotopic (exact) mass is 387 g/mol. The second-order valence-electron chi connectivity index (χ2n) is 6.77. The number of hydrogen-bond acceptors (Lipinski definition) is 3. The molecule has 1 aliphatic heterocycles. The van der Waals surface area contributed by atoms with Crippen molar-refractivity contribution in [3.8, 4) is 0 Å². The summed E-state index contributed by atoms with van der Waals surface area (Å²) in [4.78, 5) is 24.4. The van der Waals surface area contributed by atoms with E-state index >= 15 is 0 Å². The average molecular weight is 388 g/mol. The molecule has 5 nitrogen and oxygen atoms in total. The lowest BCUT2D eigenvalue weighted by Crippen LogP contribution is -2.48. The molecule has 27 heavy (non-hydrogen) atoms. The van der Waals surface area contributed by atoms with Crippen molar-refractivity contribution in [2.45, 2.75) is 13.3 Å². The summed E-state index contributed by atoms with van der Waals surface area (Å²) < 4.78 is 0. The number of nitrogens with one attached hydrogen (secondary N) is 3. The fourth-order valence-corrected chi connectivity index (χ4v) is 2.91. The highest BCUT2D eigenvalue weighted by atomic mass is 35.5. The predicted molar refractivity (Wildman–Crippen MR) is 110 cm³/mol. The zero-order valence-electron chi connectivity index (χ0n) is 15.4. The molecule has 0 bridgehead atoms. The SMILES string of the molecule is CC(C(=O)Nc1ccc(C(=O)NCCc2ccccc2)cc1)C1CNC1.Cl. The molecule has 3 N–H and O–H groups in total. The van der Waals surface area contributed by atoms with Crippen molar-refractivity contribution in [2.24, 2.45) is 11.8 Å². The lowest BCUT2D eigenvalue weighted by atomic mass is 9.88. The zero-order valence-corrected chi connectivity index (χ0v) is 16.2. The fourth-order valence-electron chi connectivity index (χ4n) is 2.91. The molecular formula is C21H26ClN3O2. The average Bonchev–Trinajstić information content (AvgIpc) is 2.61. The minimum atomic E-state index is -0.104. The van der Waals surface area contributed by atoms with E-state index in [9.17, 15) is 9.59 Å². The van der Waals surface area contributed by atoms with Gasteiger partial charge in [-0.15, -0.1) is 12.4 Å². The number of carbonyl (C=O) groups is 2. The third-order valence-electron chi connectivity index (χ3n) is 4.89. The van der Waals surface area contributed by atoms with E-state index in [1.165, 1.54) is 5.56 Å². The van der Waals surface area contributed by atoms with Crippen molar-refractivity contribution in [1.29, 1.82) is 0 Å². The van der Waals surface area contributed by atoms with Crippen molar-refractivity contribution in [3.05, 3.63) is 65.7 Å². The quantitative estimate of drug-likeness (QED) is 0.684. The highest BCUT2D eigenvalue weighted by molar-refractivity contribution is 5.96. The van der Waals surface area contributed by atoms with E-state index in [1.54, 1.807) is 24.3 Å². The van der Waals surface area contributed by atoms with Crippen LogP contribution in [0.2, 0.25) is 0 Å². The largest absolute Gasteiger partial charge is 0.352 e.